The molecule has 47 heavy (non-hydrogen) atoms. The number of sulfonamides is 1. The number of ether oxygens (including phenoxy) is 2. The highest BCUT2D eigenvalue weighted by Crippen LogP contribution is 2.31. The fraction of sp³-hybridized carbons (Fsp3) is 0.676. The number of anilines is 1. The highest BCUT2D eigenvalue weighted by molar-refractivity contribution is 7.92. The molecule has 13 heteroatoms. The second-order valence-electron chi connectivity index (χ2n) is 13.3. The first kappa shape index (κ1) is 36.7. The molecule has 0 unspecified atom stereocenters. The maximum Gasteiger partial charge on any atom is 0.267 e. The molecule has 1 fully saturated rings. The van der Waals surface area contributed by atoms with Crippen LogP contribution in [-0.2, 0) is 19.6 Å². The Hall–Kier alpha value is -3.16. The third-order valence-electron chi connectivity index (χ3n) is 9.32. The summed E-state index contributed by atoms with van der Waals surface area (Å²) >= 11 is 0. The van der Waals surface area contributed by atoms with Gasteiger partial charge in [0.2, 0.25) is 5.91 Å². The number of aromatic nitrogens is 1. The van der Waals surface area contributed by atoms with Gasteiger partial charge in [0.15, 0.2) is 10.7 Å². The number of fused-ring (bicyclic) bond motifs is 1. The van der Waals surface area contributed by atoms with Crippen LogP contribution in [0, 0.1) is 25.7 Å². The summed E-state index contributed by atoms with van der Waals surface area (Å²) in [6.45, 7) is 9.62. The van der Waals surface area contributed by atoms with Crippen molar-refractivity contribution in [1.82, 2.24) is 15.0 Å². The summed E-state index contributed by atoms with van der Waals surface area (Å²) in [6, 6.07) is 4.07. The third-order valence-corrected chi connectivity index (χ3v) is 10.9. The zero-order valence-electron chi connectivity index (χ0n) is 28.7. The number of nitrogens with one attached hydrogen (secondary N) is 1. The SMILES string of the molecule is Cc1noc(C)c1S(=O)(=O)Nc1ccc2c(c1)C(=O)N([C@H](C)CO)C[C@@H](C)[C@@H](CN(C)C(=O)C1CCCCC1)OCCCC[C@H](C)O2. The Labute approximate surface area is 279 Å². The van der Waals surface area contributed by atoms with Crippen molar-refractivity contribution in [3.63, 3.8) is 0 Å². The van der Waals surface area contributed by atoms with E-state index < -0.39 is 22.0 Å². The molecule has 1 aliphatic heterocycles. The smallest absolute Gasteiger partial charge is 0.267 e. The molecule has 2 amide bonds. The van der Waals surface area contributed by atoms with Gasteiger partial charge < -0.3 is 28.9 Å². The molecule has 0 spiro atoms. The molecule has 2 N–H and O–H groups in total. The van der Waals surface area contributed by atoms with E-state index in [2.05, 4.69) is 9.88 Å². The average Bonchev–Trinajstić information content (AvgIpc) is 3.40. The summed E-state index contributed by atoms with van der Waals surface area (Å²) in [7, 11) is -2.24. The lowest BCUT2D eigenvalue weighted by Gasteiger charge is -2.36. The average molecular weight is 677 g/mol. The van der Waals surface area contributed by atoms with Crippen molar-refractivity contribution in [1.29, 1.82) is 0 Å². The fourth-order valence-corrected chi connectivity index (χ4v) is 7.92. The van der Waals surface area contributed by atoms with E-state index in [1.807, 2.05) is 20.9 Å². The van der Waals surface area contributed by atoms with Crippen molar-refractivity contribution in [2.75, 3.05) is 38.1 Å². The van der Waals surface area contributed by atoms with Crippen LogP contribution in [0.2, 0.25) is 0 Å². The molecule has 0 bridgehead atoms. The number of aliphatic hydroxyl groups excluding tert-OH is 1. The largest absolute Gasteiger partial charge is 0.490 e. The number of amides is 2. The van der Waals surface area contributed by atoms with Gasteiger partial charge in [-0.3, -0.25) is 14.3 Å². The molecule has 2 heterocycles. The topological polar surface area (TPSA) is 152 Å². The van der Waals surface area contributed by atoms with Crippen LogP contribution < -0.4 is 9.46 Å². The van der Waals surface area contributed by atoms with Gasteiger partial charge in [0.05, 0.1) is 30.4 Å². The van der Waals surface area contributed by atoms with E-state index in [9.17, 15) is 23.1 Å². The first-order chi connectivity index (χ1) is 22.3. The van der Waals surface area contributed by atoms with Crippen molar-refractivity contribution in [2.45, 2.75) is 109 Å². The van der Waals surface area contributed by atoms with Crippen molar-refractivity contribution < 1.29 is 37.1 Å². The number of benzene rings is 1. The third kappa shape index (κ3) is 9.26. The first-order valence-corrected chi connectivity index (χ1v) is 18.4. The molecule has 12 nitrogen and oxygen atoms in total. The summed E-state index contributed by atoms with van der Waals surface area (Å²) in [5.41, 5.74) is 0.562. The molecule has 1 saturated carbocycles. The minimum atomic E-state index is -4.07. The van der Waals surface area contributed by atoms with Crippen molar-refractivity contribution in [2.24, 2.45) is 11.8 Å². The number of hydrogen-bond donors (Lipinski definition) is 2. The lowest BCUT2D eigenvalue weighted by molar-refractivity contribution is -0.137. The number of nitrogens with zero attached hydrogens (tertiary/aromatic N) is 3. The molecule has 1 aliphatic carbocycles. The minimum absolute atomic E-state index is 0.0391. The lowest BCUT2D eigenvalue weighted by Crippen LogP contribution is -2.48. The Morgan fingerprint density at radius 2 is 1.83 bits per heavy atom. The molecule has 4 rings (SSSR count). The van der Waals surface area contributed by atoms with Crippen molar-refractivity contribution in [3.05, 3.63) is 35.2 Å². The second kappa shape index (κ2) is 16.3. The molecule has 0 radical (unpaired) electrons. The molecule has 262 valence electrons. The standard InChI is InChI=1S/C34H52N4O8S/c1-22-19-38(23(2)21-39)34(41)29-18-28(36-47(42,43)32-25(4)35-46-26(32)5)15-16-30(29)45-24(3)12-10-11-17-44-31(22)20-37(6)33(40)27-13-8-7-9-14-27/h15-16,18,22-24,27,31,36,39H,7-14,17,19-21H2,1-6H3/t22-,23-,24+,31-/m1/s1. The predicted molar refractivity (Wildman–Crippen MR) is 178 cm³/mol. The monoisotopic (exact) mass is 676 g/mol. The molecule has 0 saturated heterocycles. The highest BCUT2D eigenvalue weighted by atomic mass is 32.2. The minimum Gasteiger partial charge on any atom is -0.490 e. The Morgan fingerprint density at radius 1 is 1.13 bits per heavy atom. The second-order valence-corrected chi connectivity index (χ2v) is 14.9. The van der Waals surface area contributed by atoms with E-state index in [0.717, 1.165) is 38.5 Å². The molecule has 2 aromatic rings. The molecule has 4 atom stereocenters. The maximum atomic E-state index is 14.4. The van der Waals surface area contributed by atoms with Gasteiger partial charge in [0.1, 0.15) is 11.4 Å². The molecule has 2 aliphatic rings. The van der Waals surface area contributed by atoms with E-state index in [1.54, 1.807) is 35.8 Å². The number of carbonyl (C=O) groups excluding carboxylic acids is 2. The zero-order valence-corrected chi connectivity index (χ0v) is 29.5. The molecule has 1 aromatic heterocycles. The van der Waals surface area contributed by atoms with Gasteiger partial charge >= 0.3 is 0 Å². The van der Waals surface area contributed by atoms with E-state index >= 15 is 0 Å². The number of likely N-dealkylation sites (N-methyl/N-ethyl adjacent to an activating group) is 1. The Morgan fingerprint density at radius 3 is 2.49 bits per heavy atom. The first-order valence-electron chi connectivity index (χ1n) is 16.9. The number of carbonyl (C=O) groups is 2. The van der Waals surface area contributed by atoms with Gasteiger partial charge in [-0.15, -0.1) is 0 Å². The summed E-state index contributed by atoms with van der Waals surface area (Å²) in [6.07, 6.45) is 6.94. The predicted octanol–water partition coefficient (Wildman–Crippen LogP) is 4.93. The zero-order chi connectivity index (χ0) is 34.3. The van der Waals surface area contributed by atoms with E-state index in [1.165, 1.54) is 19.4 Å². The number of aliphatic hydroxyl groups is 1. The van der Waals surface area contributed by atoms with E-state index in [0.29, 0.717) is 25.3 Å². The lowest BCUT2D eigenvalue weighted by atomic mass is 9.88. The van der Waals surface area contributed by atoms with Gasteiger partial charge in [0, 0.05) is 44.3 Å². The number of hydrogen-bond acceptors (Lipinski definition) is 9. The van der Waals surface area contributed by atoms with Crippen LogP contribution >= 0.6 is 0 Å². The van der Waals surface area contributed by atoms with Crippen LogP contribution in [0.1, 0.15) is 93.9 Å². The van der Waals surface area contributed by atoms with Crippen LogP contribution in [0.15, 0.2) is 27.6 Å². The Bertz CT molecular complexity index is 1450. The van der Waals surface area contributed by atoms with Gasteiger partial charge in [-0.2, -0.15) is 0 Å². The quantitative estimate of drug-likeness (QED) is 0.397. The Balaban J connectivity index is 1.65. The Kier molecular flexibility index (Phi) is 12.7. The normalized spacial score (nSPS) is 22.9. The van der Waals surface area contributed by atoms with E-state index in [4.69, 9.17) is 14.0 Å². The van der Waals surface area contributed by atoms with Gasteiger partial charge in [-0.1, -0.05) is 31.3 Å². The van der Waals surface area contributed by atoms with Crippen LogP contribution in [0.5, 0.6) is 5.75 Å². The van der Waals surface area contributed by atoms with E-state index in [-0.39, 0.29) is 70.7 Å². The number of aryl methyl sites for hydroxylation is 2. The summed E-state index contributed by atoms with van der Waals surface area (Å²) in [5, 5.41) is 14.0. The molecular weight excluding hydrogens is 624 g/mol. The van der Waals surface area contributed by atoms with Crippen LogP contribution in [0.25, 0.3) is 0 Å². The van der Waals surface area contributed by atoms with Gasteiger partial charge in [-0.25, -0.2) is 8.42 Å². The van der Waals surface area contributed by atoms with Crippen molar-refractivity contribution >= 4 is 27.5 Å². The highest BCUT2D eigenvalue weighted by Gasteiger charge is 2.33. The van der Waals surface area contributed by atoms with Gasteiger partial charge in [0.25, 0.3) is 15.9 Å². The molecular formula is C34H52N4O8S. The molecule has 1 aromatic carbocycles. The van der Waals surface area contributed by atoms with Crippen LogP contribution in [0.3, 0.4) is 0 Å². The fourth-order valence-electron chi connectivity index (χ4n) is 6.53. The van der Waals surface area contributed by atoms with Crippen molar-refractivity contribution in [3.8, 4) is 5.75 Å². The van der Waals surface area contributed by atoms with Crippen LogP contribution in [-0.4, -0.2) is 91.9 Å². The summed E-state index contributed by atoms with van der Waals surface area (Å²) in [5.74, 6) is 0.0540. The summed E-state index contributed by atoms with van der Waals surface area (Å²) < 4.78 is 46.9. The number of rotatable bonds is 8. The van der Waals surface area contributed by atoms with Crippen LogP contribution in [0.4, 0.5) is 5.69 Å². The van der Waals surface area contributed by atoms with Gasteiger partial charge in [-0.05, 0) is 78.0 Å². The summed E-state index contributed by atoms with van der Waals surface area (Å²) in [4.78, 5) is 31.0. The maximum absolute atomic E-state index is 14.4.